The standard InChI is InChI=1S/C24H25ClN2O3S/c1-16(2)12-13-30-21-10-4-17(14-22(21)29-3)5-11-23(28)27-24-26-20(15-31-24)18-6-8-19(25)9-7-18/h4-11,14-16H,12-13H2,1-3H3,(H,26,27,28). The van der Waals surface area contributed by atoms with E-state index in [1.807, 2.05) is 47.8 Å². The lowest BCUT2D eigenvalue weighted by Gasteiger charge is -2.12. The number of methoxy groups -OCH3 is 1. The second-order valence-corrected chi connectivity index (χ2v) is 8.60. The molecule has 162 valence electrons. The zero-order valence-electron chi connectivity index (χ0n) is 17.7. The highest BCUT2D eigenvalue weighted by Crippen LogP contribution is 2.29. The molecule has 2 aromatic carbocycles. The van der Waals surface area contributed by atoms with Gasteiger partial charge in [-0.3, -0.25) is 10.1 Å². The van der Waals surface area contributed by atoms with Gasteiger partial charge in [-0.05, 0) is 48.2 Å². The van der Waals surface area contributed by atoms with Crippen molar-refractivity contribution in [1.82, 2.24) is 4.98 Å². The molecule has 0 atom stereocenters. The van der Waals surface area contributed by atoms with Crippen molar-refractivity contribution in [2.45, 2.75) is 20.3 Å². The average molecular weight is 457 g/mol. The summed E-state index contributed by atoms with van der Waals surface area (Å²) in [4.78, 5) is 16.8. The van der Waals surface area contributed by atoms with Crippen molar-refractivity contribution in [3.8, 4) is 22.8 Å². The zero-order chi connectivity index (χ0) is 22.2. The summed E-state index contributed by atoms with van der Waals surface area (Å²) in [6.45, 7) is 4.95. The number of aromatic nitrogens is 1. The van der Waals surface area contributed by atoms with Crippen LogP contribution in [0.25, 0.3) is 17.3 Å². The van der Waals surface area contributed by atoms with Crippen molar-refractivity contribution in [3.05, 3.63) is 64.5 Å². The minimum Gasteiger partial charge on any atom is -0.493 e. The summed E-state index contributed by atoms with van der Waals surface area (Å²) in [6.07, 6.45) is 4.17. The molecule has 1 N–H and O–H groups in total. The number of hydrogen-bond acceptors (Lipinski definition) is 5. The molecule has 0 aliphatic rings. The third-order valence-corrected chi connectivity index (χ3v) is 5.45. The highest BCUT2D eigenvalue weighted by atomic mass is 35.5. The van der Waals surface area contributed by atoms with E-state index in [1.165, 1.54) is 17.4 Å². The molecule has 5 nitrogen and oxygen atoms in total. The molecule has 0 saturated heterocycles. The Kier molecular flexibility index (Phi) is 8.09. The van der Waals surface area contributed by atoms with Crippen LogP contribution in [-0.4, -0.2) is 24.6 Å². The number of nitrogens with one attached hydrogen (secondary N) is 1. The molecule has 3 rings (SSSR count). The van der Waals surface area contributed by atoms with E-state index in [2.05, 4.69) is 24.1 Å². The number of thiazole rings is 1. The summed E-state index contributed by atoms with van der Waals surface area (Å²) in [5, 5.41) is 5.89. The number of hydrogen-bond donors (Lipinski definition) is 1. The molecule has 1 heterocycles. The molecule has 0 fully saturated rings. The SMILES string of the molecule is COc1cc(C=CC(=O)Nc2nc(-c3ccc(Cl)cc3)cs2)ccc1OCCC(C)C. The Morgan fingerprint density at radius 1 is 1.19 bits per heavy atom. The Hall–Kier alpha value is -2.83. The molecule has 31 heavy (non-hydrogen) atoms. The van der Waals surface area contributed by atoms with Gasteiger partial charge in [-0.25, -0.2) is 4.98 Å². The van der Waals surface area contributed by atoms with Gasteiger partial charge >= 0.3 is 0 Å². The largest absolute Gasteiger partial charge is 0.493 e. The summed E-state index contributed by atoms with van der Waals surface area (Å²) < 4.78 is 11.2. The molecule has 7 heteroatoms. The van der Waals surface area contributed by atoms with Crippen molar-refractivity contribution in [2.24, 2.45) is 5.92 Å². The summed E-state index contributed by atoms with van der Waals surface area (Å²) in [5.41, 5.74) is 2.57. The summed E-state index contributed by atoms with van der Waals surface area (Å²) in [7, 11) is 1.60. The van der Waals surface area contributed by atoms with Gasteiger partial charge in [-0.15, -0.1) is 11.3 Å². The fourth-order valence-electron chi connectivity index (χ4n) is 2.72. The van der Waals surface area contributed by atoms with Gasteiger partial charge in [0.2, 0.25) is 5.91 Å². The van der Waals surface area contributed by atoms with Gasteiger partial charge in [0.1, 0.15) is 0 Å². The summed E-state index contributed by atoms with van der Waals surface area (Å²) in [6, 6.07) is 13.0. The van der Waals surface area contributed by atoms with Crippen LogP contribution in [0.15, 0.2) is 53.9 Å². The molecular weight excluding hydrogens is 432 g/mol. The van der Waals surface area contributed by atoms with E-state index in [0.717, 1.165) is 23.2 Å². The highest BCUT2D eigenvalue weighted by Gasteiger charge is 2.08. The number of anilines is 1. The van der Waals surface area contributed by atoms with E-state index in [4.69, 9.17) is 21.1 Å². The molecule has 0 aliphatic heterocycles. The first-order valence-corrected chi connectivity index (χ1v) is 11.2. The minimum absolute atomic E-state index is 0.256. The predicted molar refractivity (Wildman–Crippen MR) is 128 cm³/mol. The molecule has 1 aromatic heterocycles. The Labute approximate surface area is 191 Å². The average Bonchev–Trinajstić information content (AvgIpc) is 3.21. The van der Waals surface area contributed by atoms with Crippen LogP contribution in [-0.2, 0) is 4.79 Å². The summed E-state index contributed by atoms with van der Waals surface area (Å²) in [5.74, 6) is 1.65. The quantitative estimate of drug-likeness (QED) is 0.371. The first-order valence-electron chi connectivity index (χ1n) is 9.96. The third-order valence-electron chi connectivity index (χ3n) is 4.44. The van der Waals surface area contributed by atoms with Crippen LogP contribution < -0.4 is 14.8 Å². The smallest absolute Gasteiger partial charge is 0.250 e. The maximum atomic E-state index is 12.3. The molecule has 0 aliphatic carbocycles. The molecule has 0 saturated carbocycles. The number of rotatable bonds is 9. The number of ether oxygens (including phenoxy) is 2. The van der Waals surface area contributed by atoms with Crippen molar-refractivity contribution in [3.63, 3.8) is 0 Å². The molecule has 0 unspecified atom stereocenters. The van der Waals surface area contributed by atoms with E-state index >= 15 is 0 Å². The molecular formula is C24H25ClN2O3S. The third kappa shape index (κ3) is 6.84. The number of nitrogens with zero attached hydrogens (tertiary/aromatic N) is 1. The lowest BCUT2D eigenvalue weighted by Crippen LogP contribution is -2.07. The Morgan fingerprint density at radius 2 is 1.97 bits per heavy atom. The second-order valence-electron chi connectivity index (χ2n) is 7.31. The van der Waals surface area contributed by atoms with Gasteiger partial charge in [-0.2, -0.15) is 0 Å². The minimum atomic E-state index is -0.256. The van der Waals surface area contributed by atoms with E-state index in [9.17, 15) is 4.79 Å². The van der Waals surface area contributed by atoms with E-state index < -0.39 is 0 Å². The molecule has 0 spiro atoms. The van der Waals surface area contributed by atoms with Crippen LogP contribution in [0.1, 0.15) is 25.8 Å². The van der Waals surface area contributed by atoms with Gasteiger partial charge < -0.3 is 9.47 Å². The van der Waals surface area contributed by atoms with Crippen LogP contribution >= 0.6 is 22.9 Å². The maximum Gasteiger partial charge on any atom is 0.250 e. The first-order chi connectivity index (χ1) is 14.9. The maximum absolute atomic E-state index is 12.3. The van der Waals surface area contributed by atoms with Crippen molar-refractivity contribution in [2.75, 3.05) is 19.0 Å². The second kappa shape index (κ2) is 11.0. The number of halogens is 1. The number of benzene rings is 2. The highest BCUT2D eigenvalue weighted by molar-refractivity contribution is 7.14. The monoisotopic (exact) mass is 456 g/mol. The van der Waals surface area contributed by atoms with Crippen LogP contribution in [0.3, 0.4) is 0 Å². The van der Waals surface area contributed by atoms with Crippen molar-refractivity contribution >= 4 is 40.1 Å². The number of carbonyl (C=O) groups is 1. The zero-order valence-corrected chi connectivity index (χ0v) is 19.3. The van der Waals surface area contributed by atoms with E-state index in [1.54, 1.807) is 13.2 Å². The molecule has 3 aromatic rings. The van der Waals surface area contributed by atoms with Crippen LogP contribution in [0.5, 0.6) is 11.5 Å². The van der Waals surface area contributed by atoms with Gasteiger partial charge in [0.15, 0.2) is 16.6 Å². The lowest BCUT2D eigenvalue weighted by atomic mass is 10.1. The van der Waals surface area contributed by atoms with Crippen LogP contribution in [0, 0.1) is 5.92 Å². The first kappa shape index (κ1) is 22.8. The molecule has 0 bridgehead atoms. The Balaban J connectivity index is 1.60. The summed E-state index contributed by atoms with van der Waals surface area (Å²) >= 11 is 7.29. The van der Waals surface area contributed by atoms with Gasteiger partial charge in [0.25, 0.3) is 0 Å². The Morgan fingerprint density at radius 3 is 2.68 bits per heavy atom. The fraction of sp³-hybridized carbons (Fsp3) is 0.250. The van der Waals surface area contributed by atoms with Gasteiger partial charge in [-0.1, -0.05) is 43.6 Å². The number of amides is 1. The molecule has 0 radical (unpaired) electrons. The molecule has 1 amide bonds. The van der Waals surface area contributed by atoms with Crippen molar-refractivity contribution < 1.29 is 14.3 Å². The van der Waals surface area contributed by atoms with E-state index in [-0.39, 0.29) is 5.91 Å². The van der Waals surface area contributed by atoms with Gasteiger partial charge in [0, 0.05) is 22.0 Å². The van der Waals surface area contributed by atoms with E-state index in [0.29, 0.717) is 34.2 Å². The predicted octanol–water partition coefficient (Wildman–Crippen LogP) is 6.55. The van der Waals surface area contributed by atoms with Crippen molar-refractivity contribution in [1.29, 1.82) is 0 Å². The number of carbonyl (C=O) groups excluding carboxylic acids is 1. The lowest BCUT2D eigenvalue weighted by molar-refractivity contribution is -0.111. The fourth-order valence-corrected chi connectivity index (χ4v) is 3.56. The topological polar surface area (TPSA) is 60.5 Å². The van der Waals surface area contributed by atoms with Crippen LogP contribution in [0.4, 0.5) is 5.13 Å². The normalized spacial score (nSPS) is 11.1. The van der Waals surface area contributed by atoms with Gasteiger partial charge in [0.05, 0.1) is 19.4 Å². The van der Waals surface area contributed by atoms with Crippen LogP contribution in [0.2, 0.25) is 5.02 Å². The Bertz CT molecular complexity index is 1050.